The number of nitrogens with one attached hydrogen (secondary N) is 1. The molecule has 0 radical (unpaired) electrons. The fourth-order valence-electron chi connectivity index (χ4n) is 1.18. The normalized spacial score (nSPS) is 12.1. The molecule has 1 amide bonds. The number of hydrogen-bond donors (Lipinski definition) is 1. The van der Waals surface area contributed by atoms with E-state index in [1.807, 2.05) is 0 Å². The molecule has 0 aliphatic heterocycles. The fourth-order valence-corrected chi connectivity index (χ4v) is 1.18. The maximum absolute atomic E-state index is 11.5. The number of carbonyl (C=O) groups is 3. The number of hydrogen-bond acceptors (Lipinski definition) is 4. The van der Waals surface area contributed by atoms with Crippen molar-refractivity contribution in [2.45, 2.75) is 40.2 Å². The highest BCUT2D eigenvalue weighted by atomic mass is 16.5. The number of Topliss-reactive ketones (excluding diaryl/α,β-unsaturated/α-hetero) is 1. The van der Waals surface area contributed by atoms with Gasteiger partial charge in [-0.2, -0.15) is 0 Å². The fraction of sp³-hybridized carbons (Fsp3) is 0.727. The largest absolute Gasteiger partial charge is 0.464 e. The van der Waals surface area contributed by atoms with Gasteiger partial charge in [-0.15, -0.1) is 0 Å². The van der Waals surface area contributed by atoms with Gasteiger partial charge in [0.05, 0.1) is 13.0 Å². The number of amides is 1. The monoisotopic (exact) mass is 229 g/mol. The zero-order valence-electron chi connectivity index (χ0n) is 10.2. The van der Waals surface area contributed by atoms with E-state index in [0.29, 0.717) is 0 Å². The van der Waals surface area contributed by atoms with Crippen molar-refractivity contribution in [2.24, 2.45) is 5.92 Å². The van der Waals surface area contributed by atoms with Gasteiger partial charge in [-0.3, -0.25) is 9.59 Å². The summed E-state index contributed by atoms with van der Waals surface area (Å²) in [6.45, 7) is 6.90. The third-order valence-electron chi connectivity index (χ3n) is 1.93. The number of ether oxygens (including phenoxy) is 1. The van der Waals surface area contributed by atoms with Gasteiger partial charge in [0.2, 0.25) is 5.91 Å². The summed E-state index contributed by atoms with van der Waals surface area (Å²) in [5.74, 6) is -1.22. The van der Waals surface area contributed by atoms with Crippen LogP contribution in [0.5, 0.6) is 0 Å². The van der Waals surface area contributed by atoms with Crippen LogP contribution < -0.4 is 5.32 Å². The second-order valence-corrected chi connectivity index (χ2v) is 3.92. The second kappa shape index (κ2) is 6.98. The minimum Gasteiger partial charge on any atom is -0.464 e. The summed E-state index contributed by atoms with van der Waals surface area (Å²) >= 11 is 0. The van der Waals surface area contributed by atoms with E-state index in [-0.39, 0.29) is 24.7 Å². The average molecular weight is 229 g/mol. The summed E-state index contributed by atoms with van der Waals surface area (Å²) in [6.07, 6.45) is -0.206. The lowest BCUT2D eigenvalue weighted by Crippen LogP contribution is -2.45. The summed E-state index contributed by atoms with van der Waals surface area (Å²) in [4.78, 5) is 33.5. The molecule has 1 atom stereocenters. The number of esters is 1. The van der Waals surface area contributed by atoms with Crippen molar-refractivity contribution in [2.75, 3.05) is 6.61 Å². The van der Waals surface area contributed by atoms with Crippen LogP contribution in [0.2, 0.25) is 0 Å². The number of carbonyl (C=O) groups excluding carboxylic acids is 3. The highest BCUT2D eigenvalue weighted by molar-refractivity contribution is 5.98. The van der Waals surface area contributed by atoms with Crippen LogP contribution in [0.15, 0.2) is 0 Å². The molecule has 0 aliphatic rings. The van der Waals surface area contributed by atoms with Crippen LogP contribution in [-0.4, -0.2) is 30.3 Å². The van der Waals surface area contributed by atoms with E-state index in [0.717, 1.165) is 0 Å². The molecule has 0 heterocycles. The Morgan fingerprint density at radius 1 is 1.25 bits per heavy atom. The zero-order valence-corrected chi connectivity index (χ0v) is 10.2. The van der Waals surface area contributed by atoms with Gasteiger partial charge in [0, 0.05) is 0 Å². The molecular formula is C11H19NO4. The van der Waals surface area contributed by atoms with E-state index >= 15 is 0 Å². The lowest BCUT2D eigenvalue weighted by molar-refractivity contribution is -0.149. The Morgan fingerprint density at radius 2 is 1.81 bits per heavy atom. The van der Waals surface area contributed by atoms with Gasteiger partial charge in [0.1, 0.15) is 11.8 Å². The van der Waals surface area contributed by atoms with Gasteiger partial charge in [0.25, 0.3) is 0 Å². The molecule has 0 saturated carbocycles. The Kier molecular flexibility index (Phi) is 6.37. The highest BCUT2D eigenvalue weighted by Crippen LogP contribution is 2.04. The van der Waals surface area contributed by atoms with Crippen LogP contribution in [-0.2, 0) is 19.1 Å². The SMILES string of the molecule is CCOC(=O)[C@@H](NC(=O)CC(C)=O)C(C)C. The summed E-state index contributed by atoms with van der Waals surface area (Å²) in [7, 11) is 0. The molecule has 0 aliphatic carbocycles. The van der Waals surface area contributed by atoms with Gasteiger partial charge in [0.15, 0.2) is 0 Å². The number of ketones is 1. The van der Waals surface area contributed by atoms with Crippen LogP contribution in [0, 0.1) is 5.92 Å². The molecule has 5 nitrogen and oxygen atoms in total. The van der Waals surface area contributed by atoms with E-state index in [4.69, 9.17) is 4.74 Å². The molecule has 1 N–H and O–H groups in total. The van der Waals surface area contributed by atoms with E-state index in [1.165, 1.54) is 6.92 Å². The van der Waals surface area contributed by atoms with Crippen LogP contribution in [0.3, 0.4) is 0 Å². The molecule has 0 unspecified atom stereocenters. The predicted molar refractivity (Wildman–Crippen MR) is 58.7 cm³/mol. The molecule has 16 heavy (non-hydrogen) atoms. The Morgan fingerprint density at radius 3 is 2.19 bits per heavy atom. The Hall–Kier alpha value is -1.39. The quantitative estimate of drug-likeness (QED) is 0.536. The molecule has 0 aromatic rings. The maximum Gasteiger partial charge on any atom is 0.328 e. The first-order chi connectivity index (χ1) is 7.38. The molecule has 0 spiro atoms. The van der Waals surface area contributed by atoms with Crippen molar-refractivity contribution < 1.29 is 19.1 Å². The second-order valence-electron chi connectivity index (χ2n) is 3.92. The maximum atomic E-state index is 11.5. The molecule has 0 saturated heterocycles. The summed E-state index contributed by atoms with van der Waals surface area (Å²) in [5.41, 5.74) is 0. The molecule has 0 aromatic heterocycles. The minimum absolute atomic E-state index is 0.0741. The van der Waals surface area contributed by atoms with Crippen LogP contribution in [0.4, 0.5) is 0 Å². The molecule has 5 heteroatoms. The third-order valence-corrected chi connectivity index (χ3v) is 1.93. The first-order valence-electron chi connectivity index (χ1n) is 5.33. The minimum atomic E-state index is -0.688. The predicted octanol–water partition coefficient (Wildman–Crippen LogP) is 0.669. The van der Waals surface area contributed by atoms with Gasteiger partial charge in [-0.05, 0) is 19.8 Å². The smallest absolute Gasteiger partial charge is 0.328 e. The first kappa shape index (κ1) is 14.6. The van der Waals surface area contributed by atoms with Crippen molar-refractivity contribution in [3.63, 3.8) is 0 Å². The van der Waals surface area contributed by atoms with Crippen LogP contribution in [0.25, 0.3) is 0 Å². The van der Waals surface area contributed by atoms with E-state index in [2.05, 4.69) is 5.32 Å². The highest BCUT2D eigenvalue weighted by Gasteiger charge is 2.25. The number of rotatable bonds is 6. The van der Waals surface area contributed by atoms with Crippen molar-refractivity contribution in [1.82, 2.24) is 5.32 Å². The van der Waals surface area contributed by atoms with Crippen molar-refractivity contribution in [3.8, 4) is 0 Å². The van der Waals surface area contributed by atoms with Gasteiger partial charge < -0.3 is 10.1 Å². The standard InChI is InChI=1S/C11H19NO4/c1-5-16-11(15)10(7(2)3)12-9(14)6-8(4)13/h7,10H,5-6H2,1-4H3,(H,12,14)/t10-/m0/s1. The molecule has 0 fully saturated rings. The first-order valence-corrected chi connectivity index (χ1v) is 5.33. The van der Waals surface area contributed by atoms with Crippen molar-refractivity contribution >= 4 is 17.7 Å². The van der Waals surface area contributed by atoms with Crippen molar-refractivity contribution in [3.05, 3.63) is 0 Å². The third kappa shape index (κ3) is 5.48. The molecule has 0 rings (SSSR count). The molecule has 0 aromatic carbocycles. The van der Waals surface area contributed by atoms with Gasteiger partial charge >= 0.3 is 5.97 Å². The molecule has 0 bridgehead atoms. The van der Waals surface area contributed by atoms with Crippen LogP contribution in [0.1, 0.15) is 34.1 Å². The van der Waals surface area contributed by atoms with Gasteiger partial charge in [-0.1, -0.05) is 13.8 Å². The Labute approximate surface area is 95.5 Å². The lowest BCUT2D eigenvalue weighted by atomic mass is 10.0. The van der Waals surface area contributed by atoms with E-state index in [9.17, 15) is 14.4 Å². The van der Waals surface area contributed by atoms with Gasteiger partial charge in [-0.25, -0.2) is 4.79 Å². The van der Waals surface area contributed by atoms with Crippen LogP contribution >= 0.6 is 0 Å². The van der Waals surface area contributed by atoms with E-state index < -0.39 is 17.9 Å². The van der Waals surface area contributed by atoms with Crippen molar-refractivity contribution in [1.29, 1.82) is 0 Å². The summed E-state index contributed by atoms with van der Waals surface area (Å²) in [6, 6.07) is -0.688. The molecule has 92 valence electrons. The van der Waals surface area contributed by atoms with E-state index in [1.54, 1.807) is 20.8 Å². The molecular weight excluding hydrogens is 210 g/mol. The summed E-state index contributed by atoms with van der Waals surface area (Å²) < 4.78 is 4.83. The Bertz CT molecular complexity index is 273. The summed E-state index contributed by atoms with van der Waals surface area (Å²) in [5, 5.41) is 2.50. The zero-order chi connectivity index (χ0) is 12.7. The lowest BCUT2D eigenvalue weighted by Gasteiger charge is -2.20. The Balaban J connectivity index is 4.39. The topological polar surface area (TPSA) is 72.5 Å². The average Bonchev–Trinajstić information content (AvgIpc) is 2.12.